The molecule has 0 bridgehead atoms. The third-order valence-corrected chi connectivity index (χ3v) is 3.56. The first-order valence-electron chi connectivity index (χ1n) is 6.64. The van der Waals surface area contributed by atoms with Crippen LogP contribution in [0.5, 0.6) is 5.75 Å². The predicted octanol–water partition coefficient (Wildman–Crippen LogP) is 2.53. The molecule has 0 saturated heterocycles. The van der Waals surface area contributed by atoms with Gasteiger partial charge in [0.05, 0.1) is 4.47 Å². The largest absolute Gasteiger partial charge is 0.484 e. The summed E-state index contributed by atoms with van der Waals surface area (Å²) in [6.45, 7) is 5.18. The molecule has 0 fully saturated rings. The Bertz CT molecular complexity index is 568. The number of halogens is 1. The number of nitrogens with two attached hydrogens (primary N) is 1. The lowest BCUT2D eigenvalue weighted by molar-refractivity contribution is 0.282. The Hall–Kier alpha value is -1.40. The second-order valence-electron chi connectivity index (χ2n) is 4.69. The van der Waals surface area contributed by atoms with Crippen molar-refractivity contribution in [2.24, 2.45) is 5.73 Å². The van der Waals surface area contributed by atoms with Crippen LogP contribution in [0.2, 0.25) is 0 Å². The first kappa shape index (κ1) is 15.0. The van der Waals surface area contributed by atoms with Gasteiger partial charge in [-0.15, -0.1) is 0 Å². The number of benzene rings is 1. The zero-order chi connectivity index (χ0) is 14.5. The van der Waals surface area contributed by atoms with Gasteiger partial charge in [-0.25, -0.2) is 9.67 Å². The minimum atomic E-state index is 0.0888. The van der Waals surface area contributed by atoms with E-state index >= 15 is 0 Å². The molecule has 5 nitrogen and oxygen atoms in total. The molecule has 6 heteroatoms. The van der Waals surface area contributed by atoms with Crippen molar-refractivity contribution in [1.82, 2.24) is 14.8 Å². The normalized spacial score (nSPS) is 12.4. The molecule has 2 rings (SSSR count). The van der Waals surface area contributed by atoms with Gasteiger partial charge in [0.15, 0.2) is 5.82 Å². The molecule has 0 amide bonds. The van der Waals surface area contributed by atoms with E-state index in [9.17, 15) is 0 Å². The molecule has 0 spiro atoms. The molecule has 0 aliphatic rings. The van der Waals surface area contributed by atoms with Crippen molar-refractivity contribution in [2.45, 2.75) is 39.5 Å². The Morgan fingerprint density at radius 2 is 2.25 bits per heavy atom. The second-order valence-corrected chi connectivity index (χ2v) is 5.54. The van der Waals surface area contributed by atoms with Crippen LogP contribution < -0.4 is 10.5 Å². The number of aromatic nitrogens is 3. The van der Waals surface area contributed by atoms with Crippen LogP contribution in [-0.2, 0) is 19.6 Å². The molecule has 1 unspecified atom stereocenters. The minimum Gasteiger partial charge on any atom is -0.484 e. The van der Waals surface area contributed by atoms with Crippen LogP contribution in [0.3, 0.4) is 0 Å². The first-order valence-corrected chi connectivity index (χ1v) is 7.43. The number of para-hydroxylation sites is 1. The summed E-state index contributed by atoms with van der Waals surface area (Å²) in [6.07, 6.45) is 2.32. The number of ether oxygens (including phenoxy) is 1. The van der Waals surface area contributed by atoms with Crippen molar-refractivity contribution in [2.75, 3.05) is 0 Å². The van der Waals surface area contributed by atoms with Crippen LogP contribution in [-0.4, -0.2) is 20.8 Å². The number of aryl methyl sites for hydroxylation is 1. The highest BCUT2D eigenvalue weighted by atomic mass is 79.9. The molecule has 0 aliphatic carbocycles. The molecule has 1 heterocycles. The fraction of sp³-hybridized carbons (Fsp3) is 0.429. The summed E-state index contributed by atoms with van der Waals surface area (Å²) in [4.78, 5) is 4.21. The van der Waals surface area contributed by atoms with E-state index < -0.39 is 0 Å². The van der Waals surface area contributed by atoms with Crippen LogP contribution in [0.4, 0.5) is 0 Å². The molecule has 2 aromatic rings. The minimum absolute atomic E-state index is 0.0888. The molecule has 1 aromatic heterocycles. The van der Waals surface area contributed by atoms with E-state index in [0.29, 0.717) is 6.61 Å². The van der Waals surface area contributed by atoms with Crippen molar-refractivity contribution in [3.05, 3.63) is 40.4 Å². The van der Waals surface area contributed by atoms with Gasteiger partial charge in [0.2, 0.25) is 0 Å². The van der Waals surface area contributed by atoms with Gasteiger partial charge < -0.3 is 10.5 Å². The fourth-order valence-corrected chi connectivity index (χ4v) is 2.55. The van der Waals surface area contributed by atoms with E-state index in [-0.39, 0.29) is 6.04 Å². The summed E-state index contributed by atoms with van der Waals surface area (Å²) in [5.74, 6) is 1.64. The predicted molar refractivity (Wildman–Crippen MR) is 81.5 cm³/mol. The van der Waals surface area contributed by atoms with E-state index in [2.05, 4.69) is 26.0 Å². The fourth-order valence-electron chi connectivity index (χ4n) is 2.02. The maximum atomic E-state index is 5.93. The van der Waals surface area contributed by atoms with Crippen LogP contribution >= 0.6 is 15.9 Å². The Balaban J connectivity index is 2.16. The molecule has 0 radical (unpaired) electrons. The molecular weight excluding hydrogens is 320 g/mol. The van der Waals surface area contributed by atoms with Gasteiger partial charge in [-0.3, -0.25) is 0 Å². The zero-order valence-electron chi connectivity index (χ0n) is 11.7. The van der Waals surface area contributed by atoms with Crippen molar-refractivity contribution < 1.29 is 4.74 Å². The number of nitrogens with zero attached hydrogens (tertiary/aromatic N) is 3. The van der Waals surface area contributed by atoms with Crippen molar-refractivity contribution in [3.63, 3.8) is 0 Å². The van der Waals surface area contributed by atoms with Crippen LogP contribution in [0, 0.1) is 0 Å². The van der Waals surface area contributed by atoms with Gasteiger partial charge in [-0.1, -0.05) is 12.1 Å². The van der Waals surface area contributed by atoms with Gasteiger partial charge in [-0.05, 0) is 47.8 Å². The third kappa shape index (κ3) is 3.58. The average molecular weight is 339 g/mol. The maximum Gasteiger partial charge on any atom is 0.164 e. The van der Waals surface area contributed by atoms with Crippen LogP contribution in [0.25, 0.3) is 0 Å². The second kappa shape index (κ2) is 6.85. The Morgan fingerprint density at radius 3 is 2.95 bits per heavy atom. The Kier molecular flexibility index (Phi) is 5.14. The SMILES string of the molecule is CCn1ncnc1COc1c(Br)cccc1CC(C)N. The molecule has 2 N–H and O–H groups in total. The molecular formula is C14H19BrN4O. The average Bonchev–Trinajstić information content (AvgIpc) is 2.85. The summed E-state index contributed by atoms with van der Waals surface area (Å²) in [5, 5.41) is 4.13. The quantitative estimate of drug-likeness (QED) is 0.878. The molecule has 20 heavy (non-hydrogen) atoms. The molecule has 1 atom stereocenters. The standard InChI is InChI=1S/C14H19BrN4O/c1-3-19-13(17-9-18-19)8-20-14-11(7-10(2)16)5-4-6-12(14)15/h4-6,9-10H,3,7-8,16H2,1-2H3. The summed E-state index contributed by atoms with van der Waals surface area (Å²) in [7, 11) is 0. The van der Waals surface area contributed by atoms with E-state index in [1.165, 1.54) is 0 Å². The first-order chi connectivity index (χ1) is 9.61. The topological polar surface area (TPSA) is 66.0 Å². The van der Waals surface area contributed by atoms with Crippen LogP contribution in [0.1, 0.15) is 25.2 Å². The number of hydrogen-bond acceptors (Lipinski definition) is 4. The van der Waals surface area contributed by atoms with Gasteiger partial charge in [0.1, 0.15) is 18.7 Å². The van der Waals surface area contributed by atoms with E-state index in [0.717, 1.165) is 34.6 Å². The lowest BCUT2D eigenvalue weighted by Gasteiger charge is -2.14. The summed E-state index contributed by atoms with van der Waals surface area (Å²) in [6, 6.07) is 6.08. The Labute approximate surface area is 127 Å². The monoisotopic (exact) mass is 338 g/mol. The van der Waals surface area contributed by atoms with Crippen LogP contribution in [0.15, 0.2) is 29.0 Å². The highest BCUT2D eigenvalue weighted by Gasteiger charge is 2.11. The molecule has 1 aromatic carbocycles. The Morgan fingerprint density at radius 1 is 1.45 bits per heavy atom. The van der Waals surface area contributed by atoms with Crippen molar-refractivity contribution >= 4 is 15.9 Å². The van der Waals surface area contributed by atoms with Crippen molar-refractivity contribution in [1.29, 1.82) is 0 Å². The molecule has 0 aliphatic heterocycles. The van der Waals surface area contributed by atoms with Gasteiger partial charge in [0, 0.05) is 12.6 Å². The van der Waals surface area contributed by atoms with E-state index in [1.54, 1.807) is 6.33 Å². The molecule has 108 valence electrons. The maximum absolute atomic E-state index is 5.93. The molecule has 0 saturated carbocycles. The van der Waals surface area contributed by atoms with Gasteiger partial charge in [-0.2, -0.15) is 5.10 Å². The van der Waals surface area contributed by atoms with Crippen molar-refractivity contribution in [3.8, 4) is 5.75 Å². The number of rotatable bonds is 6. The lowest BCUT2D eigenvalue weighted by atomic mass is 10.1. The smallest absolute Gasteiger partial charge is 0.164 e. The van der Waals surface area contributed by atoms with Gasteiger partial charge >= 0.3 is 0 Å². The zero-order valence-corrected chi connectivity index (χ0v) is 13.3. The van der Waals surface area contributed by atoms with Gasteiger partial charge in [0.25, 0.3) is 0 Å². The summed E-state index contributed by atoms with van der Waals surface area (Å²) >= 11 is 3.53. The summed E-state index contributed by atoms with van der Waals surface area (Å²) < 4.78 is 8.68. The lowest BCUT2D eigenvalue weighted by Crippen LogP contribution is -2.18. The highest BCUT2D eigenvalue weighted by Crippen LogP contribution is 2.30. The number of hydrogen-bond donors (Lipinski definition) is 1. The van der Waals surface area contributed by atoms with E-state index in [4.69, 9.17) is 10.5 Å². The van der Waals surface area contributed by atoms with E-state index in [1.807, 2.05) is 36.7 Å². The highest BCUT2D eigenvalue weighted by molar-refractivity contribution is 9.10. The third-order valence-electron chi connectivity index (χ3n) is 2.93. The summed E-state index contributed by atoms with van der Waals surface area (Å²) in [5.41, 5.74) is 6.98.